The van der Waals surface area contributed by atoms with Crippen molar-refractivity contribution in [2.75, 3.05) is 24.7 Å². The van der Waals surface area contributed by atoms with Crippen LogP contribution in [0.15, 0.2) is 73.8 Å². The number of amides is 2. The van der Waals surface area contributed by atoms with Crippen LogP contribution in [0.25, 0.3) is 0 Å². The molecule has 3 fully saturated rings. The third-order valence-corrected chi connectivity index (χ3v) is 12.2. The molecule has 0 aromatic heterocycles. The number of fused-ring (bicyclic) bond motifs is 1. The number of likely N-dealkylation sites (tertiary alicyclic amines) is 1. The van der Waals surface area contributed by atoms with Gasteiger partial charge in [-0.2, -0.15) is 0 Å². The number of hydrogen-bond donors (Lipinski definition) is 1. The molecule has 3 heterocycles. The van der Waals surface area contributed by atoms with Gasteiger partial charge in [0, 0.05) is 22.3 Å². The van der Waals surface area contributed by atoms with E-state index in [4.69, 9.17) is 4.74 Å². The number of unbranched alkanes of at least 4 members (excludes halogenated alkanes) is 1. The van der Waals surface area contributed by atoms with Crippen LogP contribution in [-0.4, -0.2) is 68.4 Å². The molecule has 1 spiro atoms. The molecule has 9 heteroatoms. The Balaban J connectivity index is 1.63. The zero-order valence-electron chi connectivity index (χ0n) is 24.7. The minimum Gasteiger partial charge on any atom is -0.465 e. The Kier molecular flexibility index (Phi) is 9.54. The number of nitrogens with zero attached hydrogens (tertiary/aromatic N) is 2. The average molecular weight is 668 g/mol. The van der Waals surface area contributed by atoms with Crippen molar-refractivity contribution in [2.45, 2.75) is 60.0 Å². The average Bonchev–Trinajstić information content (AvgIpc) is 3.59. The number of carbonyl (C=O) groups is 3. The van der Waals surface area contributed by atoms with E-state index in [1.807, 2.05) is 62.4 Å². The quantitative estimate of drug-likeness (QED) is 0.139. The SMILES string of the molecule is C=CCCCOC(=O)[C@H]1[C@H]2C(=O)N([C@H](CO)c3ccccc3)C(C(=O)N(CC=C)c3cc(C)ccc3C)C23CC(Br)[C@@H]1S3. The van der Waals surface area contributed by atoms with Crippen LogP contribution in [0.2, 0.25) is 0 Å². The third kappa shape index (κ3) is 5.49. The van der Waals surface area contributed by atoms with E-state index in [-0.39, 0.29) is 41.6 Å². The number of rotatable bonds is 12. The highest BCUT2D eigenvalue weighted by Gasteiger charge is 2.76. The highest BCUT2D eigenvalue weighted by molar-refractivity contribution is 9.09. The monoisotopic (exact) mass is 666 g/mol. The Morgan fingerprint density at radius 2 is 1.95 bits per heavy atom. The number of esters is 1. The summed E-state index contributed by atoms with van der Waals surface area (Å²) in [7, 11) is 0. The maximum atomic E-state index is 15.0. The summed E-state index contributed by atoms with van der Waals surface area (Å²) in [6.07, 6.45) is 5.38. The van der Waals surface area contributed by atoms with Gasteiger partial charge < -0.3 is 19.6 Å². The van der Waals surface area contributed by atoms with E-state index in [0.717, 1.165) is 28.8 Å². The molecule has 3 unspecified atom stereocenters. The molecule has 0 aliphatic carbocycles. The molecule has 1 N–H and O–H groups in total. The van der Waals surface area contributed by atoms with Gasteiger partial charge in [0.25, 0.3) is 5.91 Å². The largest absolute Gasteiger partial charge is 0.465 e. The molecule has 2 amide bonds. The Hall–Kier alpha value is -2.88. The van der Waals surface area contributed by atoms with Crippen LogP contribution in [0.3, 0.4) is 0 Å². The van der Waals surface area contributed by atoms with Crippen LogP contribution >= 0.6 is 27.7 Å². The fourth-order valence-electron chi connectivity index (χ4n) is 7.07. The van der Waals surface area contributed by atoms with Gasteiger partial charge in [0.2, 0.25) is 5.91 Å². The van der Waals surface area contributed by atoms with E-state index in [1.165, 1.54) is 0 Å². The molecule has 5 rings (SSSR count). The number of hydrogen-bond acceptors (Lipinski definition) is 6. The topological polar surface area (TPSA) is 87.1 Å². The minimum atomic E-state index is -0.921. The summed E-state index contributed by atoms with van der Waals surface area (Å²) in [4.78, 5) is 46.5. The van der Waals surface area contributed by atoms with Crippen molar-refractivity contribution in [3.05, 3.63) is 90.5 Å². The van der Waals surface area contributed by atoms with Gasteiger partial charge in [-0.05, 0) is 55.9 Å². The lowest BCUT2D eigenvalue weighted by Gasteiger charge is -2.40. The summed E-state index contributed by atoms with van der Waals surface area (Å²) in [5.41, 5.74) is 3.41. The van der Waals surface area contributed by atoms with Crippen molar-refractivity contribution < 1.29 is 24.2 Å². The molecule has 2 aromatic carbocycles. The van der Waals surface area contributed by atoms with Gasteiger partial charge in [0.1, 0.15) is 6.04 Å². The first-order valence-electron chi connectivity index (χ1n) is 14.8. The number of alkyl halides is 1. The summed E-state index contributed by atoms with van der Waals surface area (Å²) in [5.74, 6) is -2.39. The lowest BCUT2D eigenvalue weighted by molar-refractivity contribution is -0.154. The molecule has 43 heavy (non-hydrogen) atoms. The molecular formula is C34H39BrN2O5S. The maximum absolute atomic E-state index is 15.0. The van der Waals surface area contributed by atoms with Gasteiger partial charge in [-0.15, -0.1) is 24.9 Å². The van der Waals surface area contributed by atoms with Gasteiger partial charge in [-0.25, -0.2) is 0 Å². The number of aliphatic hydroxyl groups excluding tert-OH is 1. The molecule has 3 aliphatic heterocycles. The van der Waals surface area contributed by atoms with Crippen LogP contribution in [0.4, 0.5) is 5.69 Å². The molecule has 7 nitrogen and oxygen atoms in total. The Bertz CT molecular complexity index is 1400. The van der Waals surface area contributed by atoms with Crippen molar-refractivity contribution in [3.8, 4) is 0 Å². The normalized spacial score (nSPS) is 28.0. The minimum absolute atomic E-state index is 0.0830. The van der Waals surface area contributed by atoms with Crippen molar-refractivity contribution in [1.29, 1.82) is 0 Å². The number of thioether (sulfide) groups is 1. The van der Waals surface area contributed by atoms with Gasteiger partial charge in [0.05, 0.1) is 35.8 Å². The fraction of sp³-hybridized carbons (Fsp3) is 0.441. The number of aryl methyl sites for hydroxylation is 2. The van der Waals surface area contributed by atoms with Gasteiger partial charge in [-0.1, -0.05) is 70.5 Å². The predicted molar refractivity (Wildman–Crippen MR) is 174 cm³/mol. The van der Waals surface area contributed by atoms with E-state index < -0.39 is 34.6 Å². The molecule has 3 aliphatic rings. The van der Waals surface area contributed by atoms with Gasteiger partial charge in [-0.3, -0.25) is 14.4 Å². The van der Waals surface area contributed by atoms with Crippen LogP contribution < -0.4 is 4.90 Å². The number of carbonyl (C=O) groups excluding carboxylic acids is 3. The second-order valence-electron chi connectivity index (χ2n) is 11.6. The van der Waals surface area contributed by atoms with Gasteiger partial charge >= 0.3 is 5.97 Å². The van der Waals surface area contributed by atoms with Crippen molar-refractivity contribution >= 4 is 51.2 Å². The highest BCUT2D eigenvalue weighted by Crippen LogP contribution is 2.68. The second kappa shape index (κ2) is 13.0. The van der Waals surface area contributed by atoms with E-state index in [0.29, 0.717) is 12.8 Å². The zero-order valence-corrected chi connectivity index (χ0v) is 27.1. The summed E-state index contributed by atoms with van der Waals surface area (Å²) in [6, 6.07) is 13.6. The van der Waals surface area contributed by atoms with Crippen LogP contribution in [0.1, 0.15) is 42.0 Å². The van der Waals surface area contributed by atoms with Crippen molar-refractivity contribution in [2.24, 2.45) is 11.8 Å². The smallest absolute Gasteiger partial charge is 0.310 e. The Labute approximate surface area is 266 Å². The maximum Gasteiger partial charge on any atom is 0.310 e. The van der Waals surface area contributed by atoms with E-state index in [1.54, 1.807) is 33.7 Å². The molecule has 0 saturated carbocycles. The summed E-state index contributed by atoms with van der Waals surface area (Å²) in [5, 5.41) is 10.6. The van der Waals surface area contributed by atoms with Gasteiger partial charge in [0.15, 0.2) is 0 Å². The molecule has 2 bridgehead atoms. The predicted octanol–water partition coefficient (Wildman–Crippen LogP) is 5.53. The van der Waals surface area contributed by atoms with E-state index in [9.17, 15) is 14.7 Å². The van der Waals surface area contributed by atoms with E-state index in [2.05, 4.69) is 29.1 Å². The number of halogens is 1. The Morgan fingerprint density at radius 3 is 2.63 bits per heavy atom. The lowest BCUT2D eigenvalue weighted by atomic mass is 9.71. The van der Waals surface area contributed by atoms with Crippen LogP contribution in [0.5, 0.6) is 0 Å². The fourth-order valence-corrected chi connectivity index (χ4v) is 10.7. The number of aliphatic hydroxyl groups is 1. The van der Waals surface area contributed by atoms with Crippen molar-refractivity contribution in [1.82, 2.24) is 4.90 Å². The van der Waals surface area contributed by atoms with Crippen molar-refractivity contribution in [3.63, 3.8) is 0 Å². The third-order valence-electron chi connectivity index (χ3n) is 8.96. The molecular weight excluding hydrogens is 628 g/mol. The second-order valence-corrected chi connectivity index (χ2v) is 14.4. The first kappa shape index (κ1) is 31.5. The number of benzene rings is 2. The lowest BCUT2D eigenvalue weighted by Crippen LogP contribution is -2.56. The van der Waals surface area contributed by atoms with E-state index >= 15 is 4.79 Å². The molecule has 0 radical (unpaired) electrons. The molecule has 7 atom stereocenters. The first-order valence-corrected chi connectivity index (χ1v) is 16.6. The van der Waals surface area contributed by atoms with Crippen LogP contribution in [0, 0.1) is 25.7 Å². The summed E-state index contributed by atoms with van der Waals surface area (Å²) in [6.45, 7) is 11.7. The molecule has 2 aromatic rings. The number of allylic oxidation sites excluding steroid dienone is 1. The standard InChI is InChI=1S/C34H39BrN2O5S/c1-5-7-11-17-42-33(41)27-28-31(39)37(26(20-38)23-12-9-8-10-13-23)30(34(28)19-24(35)29(27)43-34)32(40)36(16-6-2)25-18-21(3)14-15-22(25)4/h5-6,8-10,12-15,18,24,26-30,38H,1-2,7,11,16-17,19-20H2,3-4H3/t24?,26-,27+,28+,29+,30?,34?/m1/s1. The zero-order chi connectivity index (χ0) is 30.9. The molecule has 228 valence electrons. The summed E-state index contributed by atoms with van der Waals surface area (Å²) < 4.78 is 4.84. The number of anilines is 1. The number of ether oxygens (including phenoxy) is 1. The highest BCUT2D eigenvalue weighted by atomic mass is 79.9. The molecule has 3 saturated heterocycles. The van der Waals surface area contributed by atoms with Crippen LogP contribution in [-0.2, 0) is 19.1 Å². The first-order chi connectivity index (χ1) is 20.7. The summed E-state index contributed by atoms with van der Waals surface area (Å²) >= 11 is 5.38. The Morgan fingerprint density at radius 1 is 1.21 bits per heavy atom.